The van der Waals surface area contributed by atoms with E-state index in [1.807, 2.05) is 55.5 Å². The first-order chi connectivity index (χ1) is 11.2. The number of nitrogens with one attached hydrogen (secondary N) is 1. The Morgan fingerprint density at radius 2 is 1.91 bits per heavy atom. The number of rotatable bonds is 8. The van der Waals surface area contributed by atoms with Gasteiger partial charge in [0.05, 0.1) is 6.61 Å². The monoisotopic (exact) mass is 349 g/mol. The number of hydrogen-bond donors (Lipinski definition) is 1. The lowest BCUT2D eigenvalue weighted by atomic mass is 10.2. The second kappa shape index (κ2) is 9.48. The average Bonchev–Trinajstić information content (AvgIpc) is 2.56. The normalized spacial score (nSPS) is 10.3. The molecule has 0 aliphatic rings. The van der Waals surface area contributed by atoms with Crippen LogP contribution in [-0.4, -0.2) is 18.3 Å². The predicted octanol–water partition coefficient (Wildman–Crippen LogP) is 4.54. The maximum absolute atomic E-state index is 11.9. The van der Waals surface area contributed by atoms with Crippen molar-refractivity contribution in [3.63, 3.8) is 0 Å². The molecule has 0 spiro atoms. The molecule has 2 rings (SSSR count). The number of ether oxygens (including phenoxy) is 1. The Kier molecular flexibility index (Phi) is 7.30. The molecule has 122 valence electrons. The molecule has 0 saturated heterocycles. The summed E-state index contributed by atoms with van der Waals surface area (Å²) in [5, 5.41) is 3.66. The lowest BCUT2D eigenvalue weighted by Gasteiger charge is -2.11. The molecule has 0 saturated carbocycles. The fraction of sp³-hybridized carbons (Fsp3) is 0.278. The third-order valence-corrected chi connectivity index (χ3v) is 4.43. The fourth-order valence-corrected chi connectivity index (χ4v) is 3.00. The van der Waals surface area contributed by atoms with Crippen molar-refractivity contribution in [3.05, 3.63) is 59.1 Å². The molecule has 0 radical (unpaired) electrons. The Morgan fingerprint density at radius 3 is 2.65 bits per heavy atom. The van der Waals surface area contributed by atoms with E-state index in [9.17, 15) is 4.79 Å². The van der Waals surface area contributed by atoms with Crippen LogP contribution in [0.15, 0.2) is 53.4 Å². The molecule has 1 N–H and O–H groups in total. The summed E-state index contributed by atoms with van der Waals surface area (Å²) in [5.74, 6) is 1.60. The van der Waals surface area contributed by atoms with Crippen molar-refractivity contribution in [1.82, 2.24) is 5.32 Å². The minimum atomic E-state index is 0.0396. The highest BCUT2D eigenvalue weighted by atomic mass is 35.5. The highest BCUT2D eigenvalue weighted by molar-refractivity contribution is 7.99. The number of carbonyl (C=O) groups is 1. The van der Waals surface area contributed by atoms with Crippen molar-refractivity contribution in [2.24, 2.45) is 0 Å². The summed E-state index contributed by atoms with van der Waals surface area (Å²) in [6.07, 6.45) is 0.476. The van der Waals surface area contributed by atoms with E-state index in [1.54, 1.807) is 11.8 Å². The molecular formula is C18H20ClNO2S. The number of carbonyl (C=O) groups excluding carboxylic acids is 1. The topological polar surface area (TPSA) is 38.3 Å². The van der Waals surface area contributed by atoms with Crippen LogP contribution in [0.2, 0.25) is 5.02 Å². The number of hydrogen-bond acceptors (Lipinski definition) is 3. The van der Waals surface area contributed by atoms with Gasteiger partial charge in [0.2, 0.25) is 5.91 Å². The Balaban J connectivity index is 1.74. The predicted molar refractivity (Wildman–Crippen MR) is 96.3 cm³/mol. The molecule has 2 aromatic carbocycles. The van der Waals surface area contributed by atoms with Crippen molar-refractivity contribution in [3.8, 4) is 5.75 Å². The summed E-state index contributed by atoms with van der Waals surface area (Å²) in [7, 11) is 0. The van der Waals surface area contributed by atoms with Crippen molar-refractivity contribution in [2.45, 2.75) is 24.8 Å². The van der Waals surface area contributed by atoms with E-state index in [0.29, 0.717) is 19.6 Å². The van der Waals surface area contributed by atoms with Gasteiger partial charge in [-0.15, -0.1) is 11.8 Å². The van der Waals surface area contributed by atoms with E-state index in [-0.39, 0.29) is 5.91 Å². The second-order valence-corrected chi connectivity index (χ2v) is 6.47. The zero-order chi connectivity index (χ0) is 16.5. The van der Waals surface area contributed by atoms with Crippen LogP contribution in [0.1, 0.15) is 18.9 Å². The van der Waals surface area contributed by atoms with Crippen LogP contribution >= 0.6 is 23.4 Å². The molecule has 0 aliphatic heterocycles. The van der Waals surface area contributed by atoms with Gasteiger partial charge in [0, 0.05) is 34.2 Å². The van der Waals surface area contributed by atoms with Crippen LogP contribution in [0.3, 0.4) is 0 Å². The lowest BCUT2D eigenvalue weighted by molar-refractivity contribution is -0.120. The maximum atomic E-state index is 11.9. The van der Waals surface area contributed by atoms with Gasteiger partial charge in [-0.05, 0) is 37.3 Å². The van der Waals surface area contributed by atoms with Crippen LogP contribution in [0.5, 0.6) is 5.75 Å². The Hall–Kier alpha value is -1.65. The van der Waals surface area contributed by atoms with E-state index in [4.69, 9.17) is 16.3 Å². The van der Waals surface area contributed by atoms with Crippen LogP contribution in [0, 0.1) is 0 Å². The fourth-order valence-electron chi connectivity index (χ4n) is 2.02. The first-order valence-electron chi connectivity index (χ1n) is 7.55. The van der Waals surface area contributed by atoms with Crippen molar-refractivity contribution in [1.29, 1.82) is 0 Å². The first-order valence-corrected chi connectivity index (χ1v) is 8.91. The standard InChI is InChI=1S/C18H20ClNO2S/c1-2-22-17-6-4-3-5-14(17)13-20-18(21)11-12-23-16-9-7-15(19)8-10-16/h3-10H,2,11-13H2,1H3,(H,20,21). The Bertz CT molecular complexity index is 631. The van der Waals surface area contributed by atoms with Gasteiger partial charge in [0.15, 0.2) is 0 Å². The molecular weight excluding hydrogens is 330 g/mol. The first kappa shape index (κ1) is 17.7. The highest BCUT2D eigenvalue weighted by Crippen LogP contribution is 2.21. The summed E-state index contributed by atoms with van der Waals surface area (Å²) >= 11 is 7.49. The number of amides is 1. The third-order valence-electron chi connectivity index (χ3n) is 3.16. The number of benzene rings is 2. The average molecular weight is 350 g/mol. The molecule has 0 aromatic heterocycles. The van der Waals surface area contributed by atoms with E-state index in [2.05, 4.69) is 5.32 Å². The van der Waals surface area contributed by atoms with E-state index >= 15 is 0 Å². The van der Waals surface area contributed by atoms with Gasteiger partial charge in [0.25, 0.3) is 0 Å². The largest absolute Gasteiger partial charge is 0.494 e. The van der Waals surface area contributed by atoms with E-state index in [1.165, 1.54) is 0 Å². The van der Waals surface area contributed by atoms with Crippen LogP contribution < -0.4 is 10.1 Å². The number of thioether (sulfide) groups is 1. The van der Waals surface area contributed by atoms with Gasteiger partial charge in [-0.2, -0.15) is 0 Å². The molecule has 5 heteroatoms. The van der Waals surface area contributed by atoms with Gasteiger partial charge >= 0.3 is 0 Å². The van der Waals surface area contributed by atoms with Crippen molar-refractivity contribution < 1.29 is 9.53 Å². The van der Waals surface area contributed by atoms with Gasteiger partial charge in [-0.1, -0.05) is 29.8 Å². The molecule has 0 aliphatic carbocycles. The molecule has 0 unspecified atom stereocenters. The SMILES string of the molecule is CCOc1ccccc1CNC(=O)CCSc1ccc(Cl)cc1. The summed E-state index contributed by atoms with van der Waals surface area (Å²) in [4.78, 5) is 13.1. The number of para-hydroxylation sites is 1. The van der Waals surface area contributed by atoms with E-state index in [0.717, 1.165) is 27.0 Å². The molecule has 23 heavy (non-hydrogen) atoms. The van der Waals surface area contributed by atoms with Crippen LogP contribution in [0.25, 0.3) is 0 Å². The molecule has 0 bridgehead atoms. The Morgan fingerprint density at radius 1 is 1.17 bits per heavy atom. The number of halogens is 1. The van der Waals surface area contributed by atoms with Crippen LogP contribution in [-0.2, 0) is 11.3 Å². The zero-order valence-corrected chi connectivity index (χ0v) is 14.6. The molecule has 0 fully saturated rings. The molecule has 0 atom stereocenters. The van der Waals surface area contributed by atoms with Gasteiger partial charge in [0.1, 0.15) is 5.75 Å². The Labute approximate surface area is 146 Å². The lowest BCUT2D eigenvalue weighted by Crippen LogP contribution is -2.23. The molecule has 2 aromatic rings. The maximum Gasteiger partial charge on any atom is 0.221 e. The quantitative estimate of drug-likeness (QED) is 0.711. The van der Waals surface area contributed by atoms with Crippen molar-refractivity contribution >= 4 is 29.3 Å². The minimum absolute atomic E-state index is 0.0396. The summed E-state index contributed by atoms with van der Waals surface area (Å²) in [6.45, 7) is 3.05. The summed E-state index contributed by atoms with van der Waals surface area (Å²) in [5.41, 5.74) is 0.994. The third kappa shape index (κ3) is 6.16. The molecule has 1 amide bonds. The molecule has 0 heterocycles. The second-order valence-electron chi connectivity index (χ2n) is 4.87. The highest BCUT2D eigenvalue weighted by Gasteiger charge is 2.06. The zero-order valence-electron chi connectivity index (χ0n) is 13.0. The van der Waals surface area contributed by atoms with Crippen LogP contribution in [0.4, 0.5) is 0 Å². The van der Waals surface area contributed by atoms with Gasteiger partial charge in [-0.25, -0.2) is 0 Å². The smallest absolute Gasteiger partial charge is 0.221 e. The summed E-state index contributed by atoms with van der Waals surface area (Å²) < 4.78 is 5.55. The van der Waals surface area contributed by atoms with Crippen molar-refractivity contribution in [2.75, 3.05) is 12.4 Å². The van der Waals surface area contributed by atoms with Gasteiger partial charge < -0.3 is 10.1 Å². The minimum Gasteiger partial charge on any atom is -0.494 e. The van der Waals surface area contributed by atoms with E-state index < -0.39 is 0 Å². The van der Waals surface area contributed by atoms with Gasteiger partial charge in [-0.3, -0.25) is 4.79 Å². The molecule has 3 nitrogen and oxygen atoms in total. The summed E-state index contributed by atoms with van der Waals surface area (Å²) in [6, 6.07) is 15.4.